The number of ether oxygens (including phenoxy) is 1. The topological polar surface area (TPSA) is 183 Å². The maximum atomic E-state index is 14.1. The molecule has 14 nitrogen and oxygen atoms in total. The van der Waals surface area contributed by atoms with E-state index in [1.807, 2.05) is 20.8 Å². The monoisotopic (exact) mass is 714 g/mol. The molecule has 1 fully saturated rings. The fourth-order valence-electron chi connectivity index (χ4n) is 5.73. The Bertz CT molecular complexity index is 1430. The van der Waals surface area contributed by atoms with Crippen LogP contribution in [0, 0.1) is 10.8 Å². The molecule has 1 saturated heterocycles. The van der Waals surface area contributed by atoms with Crippen LogP contribution in [0.5, 0.6) is 0 Å². The zero-order chi connectivity index (χ0) is 38.9. The van der Waals surface area contributed by atoms with Crippen molar-refractivity contribution in [1.82, 2.24) is 31.1 Å². The second-order valence-corrected chi connectivity index (χ2v) is 16.2. The first-order valence-electron chi connectivity index (χ1n) is 17.4. The molecule has 0 radical (unpaired) electrons. The second kappa shape index (κ2) is 17.6. The molecule has 284 valence electrons. The highest BCUT2D eigenvalue weighted by atomic mass is 16.6. The minimum atomic E-state index is -1.22. The average molecular weight is 715 g/mol. The number of Topliss-reactive ketones (excluding diaryl/α,β-unsaturated/α-hetero) is 1. The molecule has 0 spiro atoms. The highest BCUT2D eigenvalue weighted by molar-refractivity contribution is 6.38. The number of amides is 6. The third-order valence-corrected chi connectivity index (χ3v) is 8.32. The number of ketones is 1. The van der Waals surface area contributed by atoms with Gasteiger partial charge < -0.3 is 35.8 Å². The first-order valence-corrected chi connectivity index (χ1v) is 17.4. The molecular formula is C37H58N6O8. The second-order valence-electron chi connectivity index (χ2n) is 16.2. The molecule has 0 bridgehead atoms. The van der Waals surface area contributed by atoms with Crippen LogP contribution in [0.4, 0.5) is 4.79 Å². The van der Waals surface area contributed by atoms with E-state index in [2.05, 4.69) is 21.3 Å². The van der Waals surface area contributed by atoms with Crippen LogP contribution in [0.1, 0.15) is 99.6 Å². The lowest BCUT2D eigenvalue weighted by molar-refractivity contribution is -0.144. The molecule has 1 aromatic rings. The first-order chi connectivity index (χ1) is 23.5. The van der Waals surface area contributed by atoms with Crippen molar-refractivity contribution in [3.8, 4) is 0 Å². The van der Waals surface area contributed by atoms with Crippen LogP contribution < -0.4 is 21.3 Å². The van der Waals surface area contributed by atoms with Crippen molar-refractivity contribution in [1.29, 1.82) is 0 Å². The molecule has 0 aliphatic carbocycles. The van der Waals surface area contributed by atoms with Crippen molar-refractivity contribution in [3.05, 3.63) is 35.9 Å². The average Bonchev–Trinajstić information content (AvgIpc) is 3.36. The molecule has 0 aromatic heterocycles. The summed E-state index contributed by atoms with van der Waals surface area (Å²) >= 11 is 0. The number of rotatable bonds is 14. The Kier molecular flexibility index (Phi) is 14.8. The smallest absolute Gasteiger partial charge is 0.408 e. The van der Waals surface area contributed by atoms with Crippen molar-refractivity contribution in [2.45, 2.75) is 118 Å². The van der Waals surface area contributed by atoms with E-state index < -0.39 is 82.6 Å². The molecule has 4 N–H and O–H groups in total. The van der Waals surface area contributed by atoms with Crippen LogP contribution >= 0.6 is 0 Å². The molecule has 2 rings (SSSR count). The van der Waals surface area contributed by atoms with Crippen LogP contribution in [0.2, 0.25) is 0 Å². The van der Waals surface area contributed by atoms with Crippen LogP contribution in [-0.4, -0.2) is 102 Å². The van der Waals surface area contributed by atoms with Gasteiger partial charge in [0.25, 0.3) is 5.91 Å². The van der Waals surface area contributed by atoms with Gasteiger partial charge in [-0.1, -0.05) is 84.7 Å². The normalized spacial score (nSPS) is 17.3. The van der Waals surface area contributed by atoms with Gasteiger partial charge in [-0.05, 0) is 50.0 Å². The van der Waals surface area contributed by atoms with E-state index in [4.69, 9.17) is 4.74 Å². The number of benzene rings is 1. The Morgan fingerprint density at radius 3 is 2.08 bits per heavy atom. The lowest BCUT2D eigenvalue weighted by Gasteiger charge is -2.36. The van der Waals surface area contributed by atoms with Gasteiger partial charge in [-0.3, -0.25) is 28.8 Å². The highest BCUT2D eigenvalue weighted by Crippen LogP contribution is 2.36. The molecule has 6 amide bonds. The van der Waals surface area contributed by atoms with Crippen molar-refractivity contribution in [3.63, 3.8) is 0 Å². The van der Waals surface area contributed by atoms with Crippen molar-refractivity contribution in [2.75, 3.05) is 27.2 Å². The summed E-state index contributed by atoms with van der Waals surface area (Å²) in [4.78, 5) is 95.5. The molecule has 1 unspecified atom stereocenters. The Hall–Kier alpha value is -4.49. The maximum Gasteiger partial charge on any atom is 0.408 e. The molecule has 4 atom stereocenters. The molecule has 1 aliphatic heterocycles. The minimum absolute atomic E-state index is 0.156. The molecular weight excluding hydrogens is 656 g/mol. The predicted octanol–water partition coefficient (Wildman–Crippen LogP) is 2.86. The number of carbonyl (C=O) groups excluding carboxylic acids is 7. The number of nitrogens with one attached hydrogen (secondary N) is 4. The van der Waals surface area contributed by atoms with Gasteiger partial charge in [0.15, 0.2) is 0 Å². The van der Waals surface area contributed by atoms with Gasteiger partial charge in [0, 0.05) is 20.6 Å². The Morgan fingerprint density at radius 1 is 0.941 bits per heavy atom. The van der Waals surface area contributed by atoms with E-state index in [1.165, 1.54) is 9.80 Å². The number of likely N-dealkylation sites (tertiary alicyclic amines) is 1. The van der Waals surface area contributed by atoms with E-state index in [1.54, 1.807) is 86.0 Å². The van der Waals surface area contributed by atoms with Gasteiger partial charge in [-0.25, -0.2) is 4.79 Å². The molecule has 1 aromatic carbocycles. The van der Waals surface area contributed by atoms with Gasteiger partial charge in [0.2, 0.25) is 29.4 Å². The zero-order valence-electron chi connectivity index (χ0n) is 32.1. The molecule has 51 heavy (non-hydrogen) atoms. The number of nitrogens with zero attached hydrogens (tertiary/aromatic N) is 2. The largest absolute Gasteiger partial charge is 0.444 e. The summed E-state index contributed by atoms with van der Waals surface area (Å²) in [6.07, 6.45) is 0.863. The fraction of sp³-hybridized carbons (Fsp3) is 0.649. The number of likely N-dealkylation sites (N-methyl/N-ethyl adjacent to an activating group) is 1. The van der Waals surface area contributed by atoms with E-state index in [0.29, 0.717) is 18.4 Å². The van der Waals surface area contributed by atoms with E-state index in [0.717, 1.165) is 0 Å². The minimum Gasteiger partial charge on any atom is -0.444 e. The Labute approximate surface area is 302 Å². The number of alkyl carbamates (subject to hydrolysis) is 1. The lowest BCUT2D eigenvalue weighted by Crippen LogP contribution is -2.59. The van der Waals surface area contributed by atoms with Gasteiger partial charge >= 0.3 is 6.09 Å². The summed E-state index contributed by atoms with van der Waals surface area (Å²) in [5.74, 6) is -4.16. The highest BCUT2D eigenvalue weighted by Gasteiger charge is 2.48. The molecule has 1 heterocycles. The zero-order valence-corrected chi connectivity index (χ0v) is 32.1. The summed E-state index contributed by atoms with van der Waals surface area (Å²) in [7, 11) is 3.11. The van der Waals surface area contributed by atoms with Gasteiger partial charge in [0.1, 0.15) is 23.7 Å². The van der Waals surface area contributed by atoms with Crippen molar-refractivity contribution >= 4 is 41.4 Å². The van der Waals surface area contributed by atoms with Gasteiger partial charge in [0.05, 0.1) is 12.6 Å². The fourth-order valence-corrected chi connectivity index (χ4v) is 5.73. The maximum absolute atomic E-state index is 14.1. The summed E-state index contributed by atoms with van der Waals surface area (Å²) in [5, 5.41) is 10.3. The SMILES string of the molecule is CCCCC(NC(=O)[C@@H]1CC(C)(C)CN1C(=O)[C@@H](NC(=O)OC(C)(C)C)C(C)(C)C)C(=O)C(=O)NCC(=O)N[C@H](C(=O)N(C)C)c1ccccc1. The third-order valence-electron chi connectivity index (χ3n) is 8.32. The standard InChI is InChI=1S/C37H58N6O8/c1-12-13-19-24(28(45)31(47)38-21-26(44)40-27(32(48)42(10)11)23-17-15-14-16-18-23)39-30(46)25-20-37(8,9)22-43(25)33(49)29(35(2,3)4)41-34(50)51-36(5,6)7/h14-18,24-25,27,29H,12-13,19-22H2,1-11H3,(H,38,47)(H,39,46)(H,40,44)(H,41,50)/t24?,25-,27-,29+/m0/s1. The summed E-state index contributed by atoms with van der Waals surface area (Å²) in [6, 6.07) is 4.39. The van der Waals surface area contributed by atoms with Crippen LogP contribution in [0.3, 0.4) is 0 Å². The molecule has 14 heteroatoms. The number of carbonyl (C=O) groups is 7. The van der Waals surface area contributed by atoms with Crippen LogP contribution in [0.15, 0.2) is 30.3 Å². The number of unbranched alkanes of at least 4 members (excludes halogenated alkanes) is 1. The Morgan fingerprint density at radius 2 is 1.55 bits per heavy atom. The quantitative estimate of drug-likeness (QED) is 0.212. The molecule has 1 aliphatic rings. The van der Waals surface area contributed by atoms with E-state index in [9.17, 15) is 33.6 Å². The van der Waals surface area contributed by atoms with E-state index >= 15 is 0 Å². The number of hydrogen-bond donors (Lipinski definition) is 4. The van der Waals surface area contributed by atoms with E-state index in [-0.39, 0.29) is 25.3 Å². The van der Waals surface area contributed by atoms with Gasteiger partial charge in [-0.2, -0.15) is 0 Å². The van der Waals surface area contributed by atoms with Gasteiger partial charge in [-0.15, -0.1) is 0 Å². The summed E-state index contributed by atoms with van der Waals surface area (Å²) < 4.78 is 5.41. The number of hydrogen-bond acceptors (Lipinski definition) is 8. The summed E-state index contributed by atoms with van der Waals surface area (Å²) in [5.41, 5.74) is -1.46. The van der Waals surface area contributed by atoms with Crippen molar-refractivity contribution in [2.24, 2.45) is 10.8 Å². The van der Waals surface area contributed by atoms with Crippen LogP contribution in [0.25, 0.3) is 0 Å². The summed E-state index contributed by atoms with van der Waals surface area (Å²) in [6.45, 7) is 15.9. The van der Waals surface area contributed by atoms with Crippen molar-refractivity contribution < 1.29 is 38.3 Å². The Balaban J connectivity index is 2.21. The first kappa shape index (κ1) is 42.7. The lowest BCUT2D eigenvalue weighted by atomic mass is 9.85. The van der Waals surface area contributed by atoms with Crippen LogP contribution in [-0.2, 0) is 33.5 Å². The molecule has 0 saturated carbocycles. The third kappa shape index (κ3) is 13.0. The predicted molar refractivity (Wildman–Crippen MR) is 192 cm³/mol.